The van der Waals surface area contributed by atoms with Gasteiger partial charge in [-0.25, -0.2) is 0 Å². The molecule has 14 heavy (non-hydrogen) atoms. The smallest absolute Gasteiger partial charge is 0.0263 e. The Hall–Kier alpha value is 0.660. The van der Waals surface area contributed by atoms with Gasteiger partial charge in [-0.2, -0.15) is 23.5 Å². The van der Waals surface area contributed by atoms with Crippen molar-refractivity contribution >= 4 is 23.5 Å². The maximum atomic E-state index is 3.70. The van der Waals surface area contributed by atoms with E-state index in [1.54, 1.807) is 0 Å². The summed E-state index contributed by atoms with van der Waals surface area (Å²) in [6.07, 6.45) is 1.25. The number of nitrogens with one attached hydrogen (secondary N) is 1. The molecular weight excluding hydrogens is 210 g/mol. The molecular formula is C11H23NS2. The fourth-order valence-electron chi connectivity index (χ4n) is 1.79. The summed E-state index contributed by atoms with van der Waals surface area (Å²) in [7, 11) is 0. The van der Waals surface area contributed by atoms with Crippen LogP contribution in [-0.4, -0.2) is 35.1 Å². The van der Waals surface area contributed by atoms with Crippen molar-refractivity contribution in [1.82, 2.24) is 5.32 Å². The third-order valence-corrected chi connectivity index (χ3v) is 5.58. The molecule has 0 saturated carbocycles. The average Bonchev–Trinajstić information content (AvgIpc) is 2.20. The zero-order chi connectivity index (χ0) is 10.4. The van der Waals surface area contributed by atoms with E-state index in [9.17, 15) is 0 Å². The molecule has 84 valence electrons. The van der Waals surface area contributed by atoms with Crippen LogP contribution in [0.15, 0.2) is 0 Å². The van der Waals surface area contributed by atoms with Gasteiger partial charge in [0.1, 0.15) is 0 Å². The maximum absolute atomic E-state index is 3.70. The van der Waals surface area contributed by atoms with Gasteiger partial charge >= 0.3 is 0 Å². The summed E-state index contributed by atoms with van der Waals surface area (Å²) in [6, 6.07) is 0.711. The van der Waals surface area contributed by atoms with E-state index in [1.165, 1.54) is 30.2 Å². The largest absolute Gasteiger partial charge is 0.313 e. The minimum absolute atomic E-state index is 0.711. The van der Waals surface area contributed by atoms with E-state index in [-0.39, 0.29) is 0 Å². The van der Waals surface area contributed by atoms with Crippen LogP contribution in [0.1, 0.15) is 27.2 Å². The van der Waals surface area contributed by atoms with Crippen LogP contribution in [-0.2, 0) is 0 Å². The Bertz CT molecular complexity index is 144. The molecule has 1 rings (SSSR count). The maximum Gasteiger partial charge on any atom is 0.0263 e. The summed E-state index contributed by atoms with van der Waals surface area (Å²) in [5.74, 6) is 4.80. The van der Waals surface area contributed by atoms with E-state index >= 15 is 0 Å². The Morgan fingerprint density at radius 3 is 2.64 bits per heavy atom. The first-order valence-electron chi connectivity index (χ1n) is 5.66. The molecule has 3 heteroatoms. The quantitative estimate of drug-likeness (QED) is 0.784. The second-order valence-electron chi connectivity index (χ2n) is 4.23. The van der Waals surface area contributed by atoms with Gasteiger partial charge in [0.05, 0.1) is 0 Å². The van der Waals surface area contributed by atoms with Gasteiger partial charge in [-0.1, -0.05) is 20.8 Å². The van der Waals surface area contributed by atoms with Crippen molar-refractivity contribution in [3.63, 3.8) is 0 Å². The molecule has 0 radical (unpaired) electrons. The van der Waals surface area contributed by atoms with E-state index in [0.29, 0.717) is 6.04 Å². The van der Waals surface area contributed by atoms with Gasteiger partial charge in [-0.15, -0.1) is 0 Å². The third kappa shape index (κ3) is 4.45. The summed E-state index contributed by atoms with van der Waals surface area (Å²) in [5.41, 5.74) is 0. The van der Waals surface area contributed by atoms with Crippen LogP contribution in [0, 0.1) is 5.92 Å². The summed E-state index contributed by atoms with van der Waals surface area (Å²) >= 11 is 4.25. The molecule has 0 amide bonds. The molecule has 1 N–H and O–H groups in total. The van der Waals surface area contributed by atoms with Gasteiger partial charge in [0.2, 0.25) is 0 Å². The first-order valence-corrected chi connectivity index (χ1v) is 7.87. The Morgan fingerprint density at radius 2 is 2.14 bits per heavy atom. The van der Waals surface area contributed by atoms with Gasteiger partial charge in [-0.3, -0.25) is 0 Å². The van der Waals surface area contributed by atoms with Crippen LogP contribution in [0.25, 0.3) is 0 Å². The van der Waals surface area contributed by atoms with Gasteiger partial charge in [0.25, 0.3) is 0 Å². The van der Waals surface area contributed by atoms with E-state index in [1.807, 2.05) is 0 Å². The Morgan fingerprint density at radius 1 is 1.36 bits per heavy atom. The van der Waals surface area contributed by atoms with Crippen LogP contribution in [0.5, 0.6) is 0 Å². The number of hydrogen-bond donors (Lipinski definition) is 1. The highest BCUT2D eigenvalue weighted by Crippen LogP contribution is 2.23. The molecule has 1 fully saturated rings. The Balaban J connectivity index is 2.16. The van der Waals surface area contributed by atoms with Gasteiger partial charge < -0.3 is 5.32 Å². The van der Waals surface area contributed by atoms with Crippen molar-refractivity contribution in [3.8, 4) is 0 Å². The van der Waals surface area contributed by atoms with E-state index < -0.39 is 0 Å². The van der Waals surface area contributed by atoms with Crippen LogP contribution in [0.3, 0.4) is 0 Å². The number of rotatable bonds is 5. The molecule has 1 nitrogen and oxygen atoms in total. The second kappa shape index (κ2) is 7.02. The molecule has 1 saturated heterocycles. The zero-order valence-corrected chi connectivity index (χ0v) is 11.2. The highest BCUT2D eigenvalue weighted by atomic mass is 32.2. The Labute approximate surface area is 97.2 Å². The number of hydrogen-bond acceptors (Lipinski definition) is 3. The van der Waals surface area contributed by atoms with Crippen molar-refractivity contribution < 1.29 is 0 Å². The van der Waals surface area contributed by atoms with Crippen molar-refractivity contribution in [2.75, 3.05) is 23.8 Å². The lowest BCUT2D eigenvalue weighted by Gasteiger charge is -2.26. The van der Waals surface area contributed by atoms with Crippen molar-refractivity contribution in [1.29, 1.82) is 0 Å². The molecule has 0 aromatic rings. The molecule has 0 aliphatic carbocycles. The summed E-state index contributed by atoms with van der Waals surface area (Å²) < 4.78 is 0. The van der Waals surface area contributed by atoms with Crippen molar-refractivity contribution in [2.45, 2.75) is 38.5 Å². The van der Waals surface area contributed by atoms with Crippen molar-refractivity contribution in [3.05, 3.63) is 0 Å². The van der Waals surface area contributed by atoms with E-state index in [4.69, 9.17) is 0 Å². The highest BCUT2D eigenvalue weighted by molar-refractivity contribution is 8.06. The first kappa shape index (κ1) is 12.7. The summed E-state index contributed by atoms with van der Waals surface area (Å²) in [4.78, 5) is 0. The molecule has 0 bridgehead atoms. The Kier molecular flexibility index (Phi) is 6.38. The SMILES string of the molecule is CCC(NCC1CSCCS1)C(C)C. The highest BCUT2D eigenvalue weighted by Gasteiger charge is 2.16. The standard InChI is InChI=1S/C11H23NS2/c1-4-11(9(2)3)12-7-10-8-13-5-6-14-10/h9-12H,4-8H2,1-3H3. The lowest BCUT2D eigenvalue weighted by Crippen LogP contribution is -2.39. The lowest BCUT2D eigenvalue weighted by molar-refractivity contribution is 0.392. The minimum atomic E-state index is 0.711. The van der Waals surface area contributed by atoms with Crippen LogP contribution >= 0.6 is 23.5 Å². The molecule has 1 aliphatic heterocycles. The fraction of sp³-hybridized carbons (Fsp3) is 1.00. The molecule has 0 spiro atoms. The van der Waals surface area contributed by atoms with Crippen molar-refractivity contribution in [2.24, 2.45) is 5.92 Å². The molecule has 2 atom stereocenters. The van der Waals surface area contributed by atoms with Gasteiger partial charge in [0.15, 0.2) is 0 Å². The molecule has 0 aromatic heterocycles. The van der Waals surface area contributed by atoms with Crippen LogP contribution in [0.2, 0.25) is 0 Å². The monoisotopic (exact) mass is 233 g/mol. The predicted octanol–water partition coefficient (Wildman–Crippen LogP) is 2.86. The molecule has 1 aliphatic rings. The zero-order valence-electron chi connectivity index (χ0n) is 9.58. The van der Waals surface area contributed by atoms with E-state index in [0.717, 1.165) is 11.2 Å². The van der Waals surface area contributed by atoms with Crippen LogP contribution < -0.4 is 5.32 Å². The minimum Gasteiger partial charge on any atom is -0.313 e. The lowest BCUT2D eigenvalue weighted by atomic mass is 10.0. The van der Waals surface area contributed by atoms with E-state index in [2.05, 4.69) is 49.6 Å². The van der Waals surface area contributed by atoms with Gasteiger partial charge in [-0.05, 0) is 12.3 Å². The first-order chi connectivity index (χ1) is 6.74. The number of thioether (sulfide) groups is 2. The summed E-state index contributed by atoms with van der Waals surface area (Å²) in [6.45, 7) is 8.10. The second-order valence-corrected chi connectivity index (χ2v) is 6.79. The molecule has 2 unspecified atom stereocenters. The predicted molar refractivity (Wildman–Crippen MR) is 70.5 cm³/mol. The fourth-order valence-corrected chi connectivity index (χ4v) is 4.41. The third-order valence-electron chi connectivity index (χ3n) is 2.74. The van der Waals surface area contributed by atoms with Gasteiger partial charge in [0, 0.05) is 35.1 Å². The van der Waals surface area contributed by atoms with Crippen LogP contribution in [0.4, 0.5) is 0 Å². The normalized spacial score (nSPS) is 25.3. The molecule has 1 heterocycles. The molecule has 0 aromatic carbocycles. The average molecular weight is 233 g/mol. The summed E-state index contributed by atoms with van der Waals surface area (Å²) in [5, 5.41) is 4.55. The topological polar surface area (TPSA) is 12.0 Å².